The Labute approximate surface area is 296 Å². The molecule has 7 rings (SSSR count). The van der Waals surface area contributed by atoms with E-state index in [-0.39, 0.29) is 31.0 Å². The number of methoxy groups -OCH3 is 1. The van der Waals surface area contributed by atoms with Crippen LogP contribution in [0.3, 0.4) is 0 Å². The molecule has 0 aliphatic carbocycles. The van der Waals surface area contributed by atoms with Gasteiger partial charge in [0.15, 0.2) is 23.0 Å². The molecule has 0 saturated carbocycles. The van der Waals surface area contributed by atoms with Gasteiger partial charge in [-0.1, -0.05) is 6.07 Å². The van der Waals surface area contributed by atoms with Crippen LogP contribution in [0.2, 0.25) is 0 Å². The number of benzene rings is 2. The van der Waals surface area contributed by atoms with E-state index in [1.165, 1.54) is 18.9 Å². The van der Waals surface area contributed by atoms with Crippen molar-refractivity contribution < 1.29 is 43.2 Å². The molecule has 2 aromatic carbocycles. The number of hydrogen-bond acceptors (Lipinski definition) is 12. The van der Waals surface area contributed by atoms with Gasteiger partial charge < -0.3 is 39.4 Å². The first kappa shape index (κ1) is 34.7. The number of nitriles is 1. The van der Waals surface area contributed by atoms with Gasteiger partial charge in [0.2, 0.25) is 12.7 Å². The monoisotopic (exact) mass is 703 g/mol. The average Bonchev–Trinajstić information content (AvgIpc) is 3.76. The summed E-state index contributed by atoms with van der Waals surface area (Å²) in [6.07, 6.45) is 1.39. The number of ether oxygens (including phenoxy) is 5. The van der Waals surface area contributed by atoms with Crippen LogP contribution in [0.25, 0.3) is 0 Å². The minimum absolute atomic E-state index is 0.0417. The molecule has 5 aliphatic heterocycles. The molecule has 2 fully saturated rings. The molecule has 51 heavy (non-hydrogen) atoms. The first-order valence-corrected chi connectivity index (χ1v) is 17.5. The zero-order valence-corrected chi connectivity index (χ0v) is 30.0. The van der Waals surface area contributed by atoms with Gasteiger partial charge in [-0.3, -0.25) is 19.4 Å². The number of aryl methyl sites for hydroxylation is 1. The number of likely N-dealkylation sites (tertiary alicyclic amines) is 1. The molecule has 5 aliphatic rings. The zero-order valence-electron chi connectivity index (χ0n) is 30.0. The van der Waals surface area contributed by atoms with Crippen LogP contribution in [0, 0.1) is 25.2 Å². The second-order valence-corrected chi connectivity index (χ2v) is 15.0. The fraction of sp³-hybridized carbons (Fsp3) is 0.568. The summed E-state index contributed by atoms with van der Waals surface area (Å²) >= 11 is 0. The quantitative estimate of drug-likeness (QED) is 0.306. The topological polar surface area (TPSA) is 172 Å². The molecule has 0 spiro atoms. The molecule has 5 heterocycles. The molecule has 14 nitrogen and oxygen atoms in total. The van der Waals surface area contributed by atoms with Crippen molar-refractivity contribution in [3.05, 3.63) is 39.4 Å². The molecule has 2 aromatic rings. The number of nitrogens with zero attached hydrogens (tertiary/aromatic N) is 3. The number of aromatic hydroxyl groups is 1. The van der Waals surface area contributed by atoms with Gasteiger partial charge in [-0.15, -0.1) is 0 Å². The van der Waals surface area contributed by atoms with Crippen LogP contribution in [0.5, 0.6) is 28.7 Å². The molecular formula is C37H45N5O9. The lowest BCUT2D eigenvalue weighted by Crippen LogP contribution is -2.68. The van der Waals surface area contributed by atoms with Crippen molar-refractivity contribution in [2.45, 2.75) is 109 Å². The standard InChI is InChI=1S/C37H45N5O9/c1-17-11-20-12-22-25(14-38)42-24(29(40-22)27(20)30(44)31(17)47-7)13-21-28(34-33(48-16-49-34)18(2)32(21)50-19(3)43)26(42)15-39-35(45)23-9-8-10-41(23)36(46)51-37(4,5)6/h11,22-26,29,40,44H,8-10,12-13,15-16H2,1-7H3,(H,39,45)/t22-,23+,24?,25+,26+,29-/m1/s1. The molecule has 0 radical (unpaired) electrons. The minimum Gasteiger partial charge on any atom is -0.504 e. The van der Waals surface area contributed by atoms with Gasteiger partial charge in [0, 0.05) is 54.4 Å². The number of carbonyl (C=O) groups is 3. The van der Waals surface area contributed by atoms with Crippen molar-refractivity contribution in [3.8, 4) is 34.8 Å². The van der Waals surface area contributed by atoms with E-state index in [0.29, 0.717) is 77.5 Å². The maximum atomic E-state index is 14.0. The molecule has 6 atom stereocenters. The fourth-order valence-corrected chi connectivity index (χ4v) is 8.79. The normalized spacial score (nSPS) is 26.0. The number of rotatable bonds is 5. The van der Waals surface area contributed by atoms with Crippen molar-refractivity contribution in [2.24, 2.45) is 0 Å². The Morgan fingerprint density at radius 2 is 1.88 bits per heavy atom. The molecule has 3 N–H and O–H groups in total. The third kappa shape index (κ3) is 5.76. The number of piperazine rings is 1. The number of amides is 2. The van der Waals surface area contributed by atoms with Crippen LogP contribution in [0.15, 0.2) is 6.07 Å². The molecule has 0 aromatic heterocycles. The summed E-state index contributed by atoms with van der Waals surface area (Å²) in [6, 6.07) is 1.35. The summed E-state index contributed by atoms with van der Waals surface area (Å²) in [4.78, 5) is 43.2. The number of phenols is 1. The second kappa shape index (κ2) is 12.8. The Kier molecular flexibility index (Phi) is 8.70. The summed E-state index contributed by atoms with van der Waals surface area (Å²) in [5.41, 5.74) is 3.67. The average molecular weight is 704 g/mol. The predicted octanol–water partition coefficient (Wildman–Crippen LogP) is 3.62. The van der Waals surface area contributed by atoms with Gasteiger partial charge in [-0.2, -0.15) is 5.26 Å². The molecule has 1 unspecified atom stereocenters. The SMILES string of the molecule is COc1c(C)cc2c(c1O)[C@@H]1N[C@H](C2)[C@H](C#N)N2C1Cc1c(OC(C)=O)c(C)c3c(c1[C@@H]2CNC(=O)[C@@H]1CCCN1C(=O)OC(C)(C)C)OCO3. The largest absolute Gasteiger partial charge is 0.504 e. The predicted molar refractivity (Wildman–Crippen MR) is 182 cm³/mol. The Bertz CT molecular complexity index is 1850. The molecule has 2 saturated heterocycles. The lowest BCUT2D eigenvalue weighted by molar-refractivity contribution is -0.132. The van der Waals surface area contributed by atoms with Crippen LogP contribution in [-0.4, -0.2) is 89.6 Å². The Balaban J connectivity index is 1.34. The summed E-state index contributed by atoms with van der Waals surface area (Å²) in [7, 11) is 1.52. The summed E-state index contributed by atoms with van der Waals surface area (Å²) in [5, 5.41) is 29.2. The van der Waals surface area contributed by atoms with Crippen LogP contribution in [0.4, 0.5) is 4.79 Å². The van der Waals surface area contributed by atoms with Crippen molar-refractivity contribution in [1.82, 2.24) is 20.4 Å². The van der Waals surface area contributed by atoms with E-state index in [1.54, 1.807) is 20.8 Å². The van der Waals surface area contributed by atoms with E-state index in [9.17, 15) is 24.8 Å². The first-order chi connectivity index (χ1) is 24.2. The van der Waals surface area contributed by atoms with Gasteiger partial charge in [0.1, 0.15) is 23.4 Å². The number of esters is 1. The minimum atomic E-state index is -0.729. The lowest BCUT2D eigenvalue weighted by atomic mass is 9.72. The highest BCUT2D eigenvalue weighted by molar-refractivity contribution is 5.86. The van der Waals surface area contributed by atoms with Crippen LogP contribution >= 0.6 is 0 Å². The van der Waals surface area contributed by atoms with Crippen molar-refractivity contribution in [2.75, 3.05) is 27.0 Å². The van der Waals surface area contributed by atoms with Gasteiger partial charge in [0.25, 0.3) is 0 Å². The molecular weight excluding hydrogens is 658 g/mol. The molecule has 14 heteroatoms. The lowest BCUT2D eigenvalue weighted by Gasteiger charge is -2.56. The van der Waals surface area contributed by atoms with E-state index in [4.69, 9.17) is 23.7 Å². The second-order valence-electron chi connectivity index (χ2n) is 15.0. The highest BCUT2D eigenvalue weighted by Gasteiger charge is 2.55. The number of fused-ring (bicyclic) bond motifs is 9. The molecule has 272 valence electrons. The first-order valence-electron chi connectivity index (χ1n) is 17.5. The summed E-state index contributed by atoms with van der Waals surface area (Å²) in [5.74, 6) is 0.852. The Hall–Kier alpha value is -4.74. The maximum absolute atomic E-state index is 14.0. The Morgan fingerprint density at radius 1 is 1.14 bits per heavy atom. The number of phenolic OH excluding ortho intramolecular Hbond substituents is 1. The third-order valence-corrected chi connectivity index (χ3v) is 10.7. The van der Waals surface area contributed by atoms with Crippen LogP contribution in [-0.2, 0) is 27.2 Å². The summed E-state index contributed by atoms with van der Waals surface area (Å²) < 4.78 is 29.1. The van der Waals surface area contributed by atoms with Gasteiger partial charge in [-0.05, 0) is 71.4 Å². The van der Waals surface area contributed by atoms with E-state index in [0.717, 1.165) is 11.1 Å². The van der Waals surface area contributed by atoms with Crippen LogP contribution in [0.1, 0.15) is 86.0 Å². The van der Waals surface area contributed by atoms with Gasteiger partial charge in [-0.25, -0.2) is 4.79 Å². The highest BCUT2D eigenvalue weighted by Crippen LogP contribution is 2.56. The number of nitrogens with one attached hydrogen (secondary N) is 2. The summed E-state index contributed by atoms with van der Waals surface area (Å²) in [6.45, 7) is 10.8. The number of hydrogen-bond donors (Lipinski definition) is 3. The van der Waals surface area contributed by atoms with Crippen molar-refractivity contribution in [1.29, 1.82) is 5.26 Å². The molecule has 2 bridgehead atoms. The van der Waals surface area contributed by atoms with Gasteiger partial charge >= 0.3 is 12.1 Å². The zero-order chi connectivity index (χ0) is 36.5. The van der Waals surface area contributed by atoms with E-state index < -0.39 is 47.9 Å². The van der Waals surface area contributed by atoms with E-state index in [1.807, 2.05) is 19.9 Å². The van der Waals surface area contributed by atoms with Gasteiger partial charge in [0.05, 0.1) is 25.3 Å². The van der Waals surface area contributed by atoms with Crippen molar-refractivity contribution >= 4 is 18.0 Å². The van der Waals surface area contributed by atoms with Crippen LogP contribution < -0.4 is 29.6 Å². The smallest absolute Gasteiger partial charge is 0.410 e. The Morgan fingerprint density at radius 3 is 2.57 bits per heavy atom. The molecule has 2 amide bonds. The van der Waals surface area contributed by atoms with E-state index in [2.05, 4.69) is 21.6 Å². The maximum Gasteiger partial charge on any atom is 0.410 e. The highest BCUT2D eigenvalue weighted by atomic mass is 16.7. The third-order valence-electron chi connectivity index (χ3n) is 10.7. The number of carbonyl (C=O) groups excluding carboxylic acids is 3. The fourth-order valence-electron chi connectivity index (χ4n) is 8.79. The van der Waals surface area contributed by atoms with E-state index >= 15 is 0 Å². The van der Waals surface area contributed by atoms with Crippen molar-refractivity contribution in [3.63, 3.8) is 0 Å².